The molecule has 2 N–H and O–H groups in total. The van der Waals surface area contributed by atoms with Crippen LogP contribution in [0.25, 0.3) is 10.8 Å². The predicted octanol–water partition coefficient (Wildman–Crippen LogP) is 3.50. The van der Waals surface area contributed by atoms with Crippen molar-refractivity contribution in [1.29, 1.82) is 0 Å². The Morgan fingerprint density at radius 3 is 2.77 bits per heavy atom. The van der Waals surface area contributed by atoms with Crippen LogP contribution in [0.1, 0.15) is 23.2 Å². The molecule has 6 nitrogen and oxygen atoms in total. The molecule has 3 aromatic rings. The number of aromatic nitrogens is 2. The lowest BCUT2D eigenvalue weighted by atomic mass is 10.00. The first-order chi connectivity index (χ1) is 15.0. The van der Waals surface area contributed by atoms with Crippen LogP contribution in [0.3, 0.4) is 0 Å². The van der Waals surface area contributed by atoms with Crippen LogP contribution < -0.4 is 15.4 Å². The summed E-state index contributed by atoms with van der Waals surface area (Å²) in [7, 11) is 1.92. The normalized spacial score (nSPS) is 21.5. The summed E-state index contributed by atoms with van der Waals surface area (Å²) < 4.78 is 19.5. The van der Waals surface area contributed by atoms with E-state index < -0.39 is 6.17 Å². The lowest BCUT2D eigenvalue weighted by molar-refractivity contribution is 0.187. The largest absolute Gasteiger partial charge is 0.462 e. The summed E-state index contributed by atoms with van der Waals surface area (Å²) in [4.78, 5) is 13.4. The van der Waals surface area contributed by atoms with Crippen LogP contribution in [0.4, 0.5) is 15.9 Å². The van der Waals surface area contributed by atoms with Crippen LogP contribution >= 0.6 is 0 Å². The van der Waals surface area contributed by atoms with Gasteiger partial charge in [-0.25, -0.2) is 4.39 Å². The van der Waals surface area contributed by atoms with Crippen molar-refractivity contribution in [2.24, 2.45) is 0 Å². The van der Waals surface area contributed by atoms with E-state index in [2.05, 4.69) is 53.2 Å². The number of nitrogen functional groups attached to an aromatic ring is 1. The first-order valence-electron chi connectivity index (χ1n) is 10.8. The molecule has 2 aliphatic rings. The monoisotopic (exact) mass is 421 g/mol. The van der Waals surface area contributed by atoms with Gasteiger partial charge in [0.25, 0.3) is 0 Å². The number of benzene rings is 2. The van der Waals surface area contributed by atoms with Gasteiger partial charge in [0.1, 0.15) is 18.6 Å². The molecule has 0 spiro atoms. The average Bonchev–Trinajstić information content (AvgIpc) is 3.08. The van der Waals surface area contributed by atoms with E-state index in [4.69, 9.17) is 15.5 Å². The number of nitrogens with zero attached hydrogens (tertiary/aromatic N) is 4. The minimum atomic E-state index is -0.800. The van der Waals surface area contributed by atoms with Crippen molar-refractivity contribution in [3.63, 3.8) is 0 Å². The molecular weight excluding hydrogens is 393 g/mol. The number of aryl methyl sites for hydroxylation is 1. The van der Waals surface area contributed by atoms with Gasteiger partial charge in [-0.1, -0.05) is 30.3 Å². The van der Waals surface area contributed by atoms with Gasteiger partial charge < -0.3 is 15.4 Å². The van der Waals surface area contributed by atoms with Gasteiger partial charge in [-0.15, -0.1) is 0 Å². The number of hydrogen-bond donors (Lipinski definition) is 1. The molecule has 2 aromatic carbocycles. The SMILES string of the molecule is Cc1cccc2cccc(N3CCc4c(N)nc(OC[C@H]5C[C@@H](F)CN5C)nc4C3)c12. The third kappa shape index (κ3) is 3.78. The second-order valence-electron chi connectivity index (χ2n) is 8.68. The predicted molar refractivity (Wildman–Crippen MR) is 121 cm³/mol. The zero-order chi connectivity index (χ0) is 21.5. The molecule has 1 aromatic heterocycles. The lowest BCUT2D eigenvalue weighted by Gasteiger charge is -2.31. The maximum Gasteiger partial charge on any atom is 0.318 e. The van der Waals surface area contributed by atoms with Crippen molar-refractivity contribution >= 4 is 22.3 Å². The molecule has 2 atom stereocenters. The van der Waals surface area contributed by atoms with Crippen molar-refractivity contribution in [3.05, 3.63) is 53.2 Å². The number of anilines is 2. The zero-order valence-corrected chi connectivity index (χ0v) is 18.0. The fourth-order valence-corrected chi connectivity index (χ4v) is 4.85. The highest BCUT2D eigenvalue weighted by atomic mass is 19.1. The van der Waals surface area contributed by atoms with Gasteiger partial charge in [0.2, 0.25) is 0 Å². The molecule has 0 amide bonds. The van der Waals surface area contributed by atoms with Crippen LogP contribution in [-0.4, -0.2) is 53.8 Å². The number of hydrogen-bond acceptors (Lipinski definition) is 6. The van der Waals surface area contributed by atoms with E-state index in [1.54, 1.807) is 0 Å². The molecule has 5 rings (SSSR count). The first kappa shape index (κ1) is 20.0. The summed E-state index contributed by atoms with van der Waals surface area (Å²) >= 11 is 0. The number of rotatable bonds is 4. The van der Waals surface area contributed by atoms with Crippen molar-refractivity contribution in [1.82, 2.24) is 14.9 Å². The molecule has 1 fully saturated rings. The Kier molecular flexibility index (Phi) is 5.14. The number of likely N-dealkylation sites (tertiary alicyclic amines) is 1. The molecule has 31 heavy (non-hydrogen) atoms. The van der Waals surface area contributed by atoms with Gasteiger partial charge in [-0.2, -0.15) is 9.97 Å². The standard InChI is InChI=1S/C24H28FN5O/c1-15-5-3-6-16-7-4-8-21(22(15)16)30-10-9-19-20(13-30)27-24(28-23(19)26)31-14-18-11-17(25)12-29(18)2/h3-8,17-18H,9-14H2,1-2H3,(H2,26,27,28)/t17-,18-/m1/s1. The number of likely N-dealkylation sites (N-methyl/N-ethyl adjacent to an activating group) is 1. The van der Waals surface area contributed by atoms with E-state index in [9.17, 15) is 4.39 Å². The van der Waals surface area contributed by atoms with E-state index in [1.807, 2.05) is 11.9 Å². The molecule has 0 bridgehead atoms. The van der Waals surface area contributed by atoms with E-state index in [0.717, 1.165) is 24.2 Å². The quantitative estimate of drug-likeness (QED) is 0.696. The van der Waals surface area contributed by atoms with Gasteiger partial charge >= 0.3 is 6.01 Å². The lowest BCUT2D eigenvalue weighted by Crippen LogP contribution is -2.33. The molecule has 0 unspecified atom stereocenters. The zero-order valence-electron chi connectivity index (χ0n) is 18.0. The maximum absolute atomic E-state index is 13.6. The fraction of sp³-hybridized carbons (Fsp3) is 0.417. The Morgan fingerprint density at radius 2 is 2.00 bits per heavy atom. The van der Waals surface area contributed by atoms with E-state index in [-0.39, 0.29) is 12.1 Å². The number of halogens is 1. The third-order valence-corrected chi connectivity index (χ3v) is 6.55. The molecule has 0 aliphatic carbocycles. The van der Waals surface area contributed by atoms with Gasteiger partial charge in [-0.3, -0.25) is 4.90 Å². The minimum absolute atomic E-state index is 0.0333. The van der Waals surface area contributed by atoms with Crippen molar-refractivity contribution in [3.8, 4) is 6.01 Å². The molecule has 3 heterocycles. The molecular formula is C24H28FN5O. The summed E-state index contributed by atoms with van der Waals surface area (Å²) in [6, 6.07) is 13.1. The second-order valence-corrected chi connectivity index (χ2v) is 8.68. The molecule has 162 valence electrons. The first-order valence-corrected chi connectivity index (χ1v) is 10.8. The Balaban J connectivity index is 1.40. The smallest absolute Gasteiger partial charge is 0.318 e. The summed E-state index contributed by atoms with van der Waals surface area (Å²) in [5, 5.41) is 2.51. The highest BCUT2D eigenvalue weighted by molar-refractivity contribution is 5.97. The maximum atomic E-state index is 13.6. The molecule has 1 saturated heterocycles. The van der Waals surface area contributed by atoms with Gasteiger partial charge in [0.05, 0.1) is 12.2 Å². The summed E-state index contributed by atoms with van der Waals surface area (Å²) in [5.41, 5.74) is 10.6. The Bertz CT molecular complexity index is 1120. The third-order valence-electron chi connectivity index (χ3n) is 6.55. The Labute approximate surface area is 181 Å². The van der Waals surface area contributed by atoms with Crippen molar-refractivity contribution < 1.29 is 9.13 Å². The van der Waals surface area contributed by atoms with Crippen LogP contribution in [0.5, 0.6) is 6.01 Å². The summed E-state index contributed by atoms with van der Waals surface area (Å²) in [6.07, 6.45) is 0.467. The van der Waals surface area contributed by atoms with Crippen LogP contribution in [-0.2, 0) is 13.0 Å². The highest BCUT2D eigenvalue weighted by Crippen LogP contribution is 2.34. The van der Waals surface area contributed by atoms with E-state index >= 15 is 0 Å². The number of ether oxygens (including phenoxy) is 1. The van der Waals surface area contributed by atoms with Crippen LogP contribution in [0.2, 0.25) is 0 Å². The molecule has 7 heteroatoms. The average molecular weight is 422 g/mol. The second kappa shape index (κ2) is 7.96. The van der Waals surface area contributed by atoms with Crippen molar-refractivity contribution in [2.75, 3.05) is 37.4 Å². The van der Waals surface area contributed by atoms with Crippen LogP contribution in [0, 0.1) is 6.92 Å². The summed E-state index contributed by atoms with van der Waals surface area (Å²) in [5.74, 6) is 0.483. The summed E-state index contributed by atoms with van der Waals surface area (Å²) in [6.45, 7) is 4.47. The van der Waals surface area contributed by atoms with E-state index in [1.165, 1.54) is 22.0 Å². The fourth-order valence-electron chi connectivity index (χ4n) is 4.85. The van der Waals surface area contributed by atoms with Gasteiger partial charge in [0.15, 0.2) is 0 Å². The van der Waals surface area contributed by atoms with E-state index in [0.29, 0.717) is 31.9 Å². The van der Waals surface area contributed by atoms with Crippen molar-refractivity contribution in [2.45, 2.75) is 38.5 Å². The number of alkyl halides is 1. The topological polar surface area (TPSA) is 67.5 Å². The molecule has 0 saturated carbocycles. The van der Waals surface area contributed by atoms with Crippen LogP contribution in [0.15, 0.2) is 36.4 Å². The Morgan fingerprint density at radius 1 is 1.19 bits per heavy atom. The molecule has 2 aliphatic heterocycles. The highest BCUT2D eigenvalue weighted by Gasteiger charge is 2.30. The number of fused-ring (bicyclic) bond motifs is 2. The molecule has 0 radical (unpaired) electrons. The minimum Gasteiger partial charge on any atom is -0.462 e. The van der Waals surface area contributed by atoms with Gasteiger partial charge in [-0.05, 0) is 43.8 Å². The van der Waals surface area contributed by atoms with Gasteiger partial charge in [0, 0.05) is 35.8 Å². The Hall–Kier alpha value is -2.93. The number of nitrogens with two attached hydrogens (primary N) is 1.